The summed E-state index contributed by atoms with van der Waals surface area (Å²) in [6, 6.07) is 4.63. The highest BCUT2D eigenvalue weighted by molar-refractivity contribution is 6.30. The number of hydrogen-bond donors (Lipinski definition) is 0. The molecule has 0 amide bonds. The summed E-state index contributed by atoms with van der Waals surface area (Å²) in [4.78, 5) is 10.4. The molecule has 0 aliphatic carbocycles. The largest absolute Gasteiger partial charge is 0.377 e. The van der Waals surface area contributed by atoms with Gasteiger partial charge in [0.2, 0.25) is 0 Å². The summed E-state index contributed by atoms with van der Waals surface area (Å²) >= 11 is 5.72. The highest BCUT2D eigenvalue weighted by atomic mass is 35.5. The second-order valence-electron chi connectivity index (χ2n) is 3.79. The van der Waals surface area contributed by atoms with Gasteiger partial charge in [-0.3, -0.25) is 10.1 Å². The summed E-state index contributed by atoms with van der Waals surface area (Å²) in [6.45, 7) is 3.01. The minimum Gasteiger partial charge on any atom is -0.377 e. The van der Waals surface area contributed by atoms with Crippen LogP contribution in [0.3, 0.4) is 0 Å². The first-order valence-electron chi connectivity index (χ1n) is 5.65. The summed E-state index contributed by atoms with van der Waals surface area (Å²) in [7, 11) is 0. The fourth-order valence-electron chi connectivity index (χ4n) is 1.47. The third-order valence-corrected chi connectivity index (χ3v) is 2.63. The third kappa shape index (κ3) is 4.71. The van der Waals surface area contributed by atoms with E-state index in [-0.39, 0.29) is 12.3 Å². The number of halogens is 1. The minimum absolute atomic E-state index is 0.0213. The van der Waals surface area contributed by atoms with E-state index in [9.17, 15) is 10.1 Å². The number of unbranched alkanes of at least 4 members (excludes halogenated alkanes) is 2. The maximum atomic E-state index is 10.8. The van der Waals surface area contributed by atoms with Gasteiger partial charge in [-0.15, -0.1) is 0 Å². The molecular formula is C12H16ClNO3. The maximum absolute atomic E-state index is 10.8. The Morgan fingerprint density at radius 1 is 1.41 bits per heavy atom. The number of rotatable bonds is 7. The van der Waals surface area contributed by atoms with Gasteiger partial charge in [-0.05, 0) is 18.6 Å². The number of benzene rings is 1. The molecule has 0 spiro atoms. The van der Waals surface area contributed by atoms with Crippen LogP contribution in [-0.2, 0) is 11.3 Å². The monoisotopic (exact) mass is 257 g/mol. The SMILES string of the molecule is CCCCCOCc1ccc(Cl)cc1[N+](=O)[O-]. The van der Waals surface area contributed by atoms with Crippen LogP contribution in [0.4, 0.5) is 5.69 Å². The van der Waals surface area contributed by atoms with E-state index in [1.165, 1.54) is 6.07 Å². The Morgan fingerprint density at radius 3 is 2.82 bits per heavy atom. The molecule has 0 saturated carbocycles. The van der Waals surface area contributed by atoms with Crippen molar-refractivity contribution in [2.24, 2.45) is 0 Å². The fourth-order valence-corrected chi connectivity index (χ4v) is 1.63. The Bertz CT molecular complexity index is 382. The van der Waals surface area contributed by atoms with Crippen molar-refractivity contribution in [1.82, 2.24) is 0 Å². The van der Waals surface area contributed by atoms with Gasteiger partial charge in [-0.25, -0.2) is 0 Å². The smallest absolute Gasteiger partial charge is 0.276 e. The molecule has 0 atom stereocenters. The van der Waals surface area contributed by atoms with Crippen molar-refractivity contribution in [3.05, 3.63) is 38.9 Å². The Kier molecular flexibility index (Phi) is 5.94. The molecule has 5 heteroatoms. The van der Waals surface area contributed by atoms with Crippen LogP contribution in [0.2, 0.25) is 5.02 Å². The molecule has 1 aromatic carbocycles. The van der Waals surface area contributed by atoms with E-state index in [0.717, 1.165) is 19.3 Å². The van der Waals surface area contributed by atoms with E-state index >= 15 is 0 Å². The lowest BCUT2D eigenvalue weighted by Crippen LogP contribution is -2.00. The number of hydrogen-bond acceptors (Lipinski definition) is 3. The number of nitro benzene ring substituents is 1. The van der Waals surface area contributed by atoms with Crippen LogP contribution in [0, 0.1) is 10.1 Å². The fraction of sp³-hybridized carbons (Fsp3) is 0.500. The Labute approximate surface area is 106 Å². The lowest BCUT2D eigenvalue weighted by Gasteiger charge is -2.05. The molecular weight excluding hydrogens is 242 g/mol. The lowest BCUT2D eigenvalue weighted by molar-refractivity contribution is -0.385. The maximum Gasteiger partial charge on any atom is 0.276 e. The summed E-state index contributed by atoms with van der Waals surface area (Å²) in [5.41, 5.74) is 0.587. The van der Waals surface area contributed by atoms with Gasteiger partial charge >= 0.3 is 0 Å². The molecule has 1 aromatic rings. The standard InChI is InChI=1S/C12H16ClNO3/c1-2-3-4-7-17-9-10-5-6-11(13)8-12(10)14(15)16/h5-6,8H,2-4,7,9H2,1H3. The van der Waals surface area contributed by atoms with E-state index in [2.05, 4.69) is 6.92 Å². The molecule has 0 aliphatic rings. The van der Waals surface area contributed by atoms with Crippen molar-refractivity contribution in [2.45, 2.75) is 32.8 Å². The highest BCUT2D eigenvalue weighted by Crippen LogP contribution is 2.23. The van der Waals surface area contributed by atoms with Crippen LogP contribution in [0.5, 0.6) is 0 Å². The van der Waals surface area contributed by atoms with Gasteiger partial charge < -0.3 is 4.74 Å². The van der Waals surface area contributed by atoms with Gasteiger partial charge in [0, 0.05) is 17.7 Å². The van der Waals surface area contributed by atoms with Crippen LogP contribution in [-0.4, -0.2) is 11.5 Å². The molecule has 0 radical (unpaired) electrons. The molecule has 0 N–H and O–H groups in total. The zero-order chi connectivity index (χ0) is 12.7. The molecule has 94 valence electrons. The van der Waals surface area contributed by atoms with E-state index in [0.29, 0.717) is 17.2 Å². The van der Waals surface area contributed by atoms with Gasteiger partial charge in [0.1, 0.15) is 0 Å². The predicted molar refractivity (Wildman–Crippen MR) is 67.3 cm³/mol. The molecule has 0 heterocycles. The Balaban J connectivity index is 2.55. The second-order valence-corrected chi connectivity index (χ2v) is 4.23. The minimum atomic E-state index is -0.434. The Hall–Kier alpha value is -1.13. The summed E-state index contributed by atoms with van der Waals surface area (Å²) in [6.07, 6.45) is 3.23. The first kappa shape index (κ1) is 13.9. The highest BCUT2D eigenvalue weighted by Gasteiger charge is 2.13. The van der Waals surface area contributed by atoms with Gasteiger partial charge in [0.05, 0.1) is 17.1 Å². The zero-order valence-corrected chi connectivity index (χ0v) is 10.6. The van der Waals surface area contributed by atoms with E-state index in [4.69, 9.17) is 16.3 Å². The van der Waals surface area contributed by atoms with Crippen LogP contribution < -0.4 is 0 Å². The van der Waals surface area contributed by atoms with Crippen LogP contribution >= 0.6 is 11.6 Å². The molecule has 0 fully saturated rings. The number of ether oxygens (including phenoxy) is 1. The van der Waals surface area contributed by atoms with Crippen molar-refractivity contribution >= 4 is 17.3 Å². The van der Waals surface area contributed by atoms with Crippen molar-refractivity contribution in [3.8, 4) is 0 Å². The summed E-state index contributed by atoms with van der Waals surface area (Å²) < 4.78 is 5.40. The molecule has 0 bridgehead atoms. The summed E-state index contributed by atoms with van der Waals surface area (Å²) in [5.74, 6) is 0. The van der Waals surface area contributed by atoms with Gasteiger partial charge in [-0.1, -0.05) is 31.4 Å². The van der Waals surface area contributed by atoms with Crippen LogP contribution in [0.15, 0.2) is 18.2 Å². The van der Waals surface area contributed by atoms with Gasteiger partial charge in [0.25, 0.3) is 5.69 Å². The van der Waals surface area contributed by atoms with Crippen molar-refractivity contribution < 1.29 is 9.66 Å². The molecule has 17 heavy (non-hydrogen) atoms. The average molecular weight is 258 g/mol. The average Bonchev–Trinajstić information content (AvgIpc) is 2.30. The zero-order valence-electron chi connectivity index (χ0n) is 9.82. The number of nitrogens with zero attached hydrogens (tertiary/aromatic N) is 1. The molecule has 1 rings (SSSR count). The molecule has 0 aliphatic heterocycles. The van der Waals surface area contributed by atoms with E-state index in [1.54, 1.807) is 12.1 Å². The third-order valence-electron chi connectivity index (χ3n) is 2.39. The molecule has 4 nitrogen and oxygen atoms in total. The van der Waals surface area contributed by atoms with E-state index < -0.39 is 4.92 Å². The summed E-state index contributed by atoms with van der Waals surface area (Å²) in [5, 5.41) is 11.2. The Morgan fingerprint density at radius 2 is 2.18 bits per heavy atom. The molecule has 0 unspecified atom stereocenters. The molecule has 0 aromatic heterocycles. The van der Waals surface area contributed by atoms with Crippen molar-refractivity contribution in [1.29, 1.82) is 0 Å². The van der Waals surface area contributed by atoms with Gasteiger partial charge in [0.15, 0.2) is 0 Å². The van der Waals surface area contributed by atoms with Crippen molar-refractivity contribution in [2.75, 3.05) is 6.61 Å². The van der Waals surface area contributed by atoms with Crippen LogP contribution in [0.25, 0.3) is 0 Å². The predicted octanol–water partition coefficient (Wildman–Crippen LogP) is 3.96. The first-order chi connectivity index (χ1) is 8.15. The van der Waals surface area contributed by atoms with Gasteiger partial charge in [-0.2, -0.15) is 0 Å². The van der Waals surface area contributed by atoms with Crippen LogP contribution in [0.1, 0.15) is 31.7 Å². The quantitative estimate of drug-likeness (QED) is 0.422. The van der Waals surface area contributed by atoms with E-state index in [1.807, 2.05) is 0 Å². The topological polar surface area (TPSA) is 52.4 Å². The second kappa shape index (κ2) is 7.25. The van der Waals surface area contributed by atoms with Crippen molar-refractivity contribution in [3.63, 3.8) is 0 Å². The first-order valence-corrected chi connectivity index (χ1v) is 6.03. The number of nitro groups is 1. The normalized spacial score (nSPS) is 10.5. The molecule has 0 saturated heterocycles. The lowest BCUT2D eigenvalue weighted by atomic mass is 10.2.